The number of aromatic nitrogens is 1. The SMILES string of the molecule is Cc1nc2cc(C3=CC4CCC(C3)N4C(=O)OCC3c4ccccc4-c4ccccc43)ccc2o1. The second kappa shape index (κ2) is 7.84. The van der Waals surface area contributed by atoms with E-state index in [4.69, 9.17) is 9.15 Å². The van der Waals surface area contributed by atoms with Gasteiger partial charge in [0.25, 0.3) is 0 Å². The van der Waals surface area contributed by atoms with Gasteiger partial charge in [0.2, 0.25) is 0 Å². The lowest BCUT2D eigenvalue weighted by Crippen LogP contribution is -2.43. The van der Waals surface area contributed by atoms with Gasteiger partial charge in [-0.1, -0.05) is 60.7 Å². The Hall–Kier alpha value is -3.86. The molecule has 174 valence electrons. The Labute approximate surface area is 204 Å². The summed E-state index contributed by atoms with van der Waals surface area (Å²) in [5.41, 5.74) is 9.10. The van der Waals surface area contributed by atoms with Crippen LogP contribution in [0.5, 0.6) is 0 Å². The average molecular weight is 463 g/mol. The molecule has 2 atom stereocenters. The smallest absolute Gasteiger partial charge is 0.410 e. The van der Waals surface area contributed by atoms with Crippen molar-refractivity contribution in [1.29, 1.82) is 0 Å². The van der Waals surface area contributed by atoms with E-state index >= 15 is 0 Å². The van der Waals surface area contributed by atoms with Gasteiger partial charge in [0, 0.05) is 18.9 Å². The molecular weight excluding hydrogens is 436 g/mol. The topological polar surface area (TPSA) is 55.6 Å². The zero-order chi connectivity index (χ0) is 23.5. The van der Waals surface area contributed by atoms with Crippen molar-refractivity contribution >= 4 is 22.8 Å². The zero-order valence-corrected chi connectivity index (χ0v) is 19.6. The molecule has 2 unspecified atom stereocenters. The Bertz CT molecular complexity index is 1460. The van der Waals surface area contributed by atoms with Crippen LogP contribution in [0.3, 0.4) is 0 Å². The van der Waals surface area contributed by atoms with Crippen molar-refractivity contribution in [3.05, 3.63) is 95.4 Å². The van der Waals surface area contributed by atoms with Gasteiger partial charge < -0.3 is 9.15 Å². The van der Waals surface area contributed by atoms with E-state index in [1.807, 2.05) is 17.9 Å². The minimum Gasteiger partial charge on any atom is -0.448 e. The molecule has 0 radical (unpaired) electrons. The number of fused-ring (bicyclic) bond motifs is 6. The lowest BCUT2D eigenvalue weighted by Gasteiger charge is -2.33. The lowest BCUT2D eigenvalue weighted by atomic mass is 9.95. The summed E-state index contributed by atoms with van der Waals surface area (Å²) in [6, 6.07) is 23.3. The maximum Gasteiger partial charge on any atom is 0.410 e. The fourth-order valence-corrected chi connectivity index (χ4v) is 6.24. The highest BCUT2D eigenvalue weighted by atomic mass is 16.6. The second-order valence-electron chi connectivity index (χ2n) is 9.82. The number of aryl methyl sites for hydroxylation is 1. The Morgan fingerprint density at radius 3 is 2.51 bits per heavy atom. The molecule has 35 heavy (non-hydrogen) atoms. The van der Waals surface area contributed by atoms with Gasteiger partial charge in [-0.3, -0.25) is 4.90 Å². The number of carbonyl (C=O) groups excluding carboxylic acids is 1. The third kappa shape index (κ3) is 3.29. The summed E-state index contributed by atoms with van der Waals surface area (Å²) in [4.78, 5) is 19.8. The van der Waals surface area contributed by atoms with Crippen LogP contribution in [0.4, 0.5) is 4.79 Å². The molecule has 0 saturated carbocycles. The molecule has 5 nitrogen and oxygen atoms in total. The maximum atomic E-state index is 13.3. The molecular formula is C30H26N2O3. The van der Waals surface area contributed by atoms with E-state index in [1.54, 1.807) is 0 Å². The van der Waals surface area contributed by atoms with Gasteiger partial charge in [0.05, 0.1) is 6.04 Å². The minimum absolute atomic E-state index is 0.0779. The third-order valence-corrected chi connectivity index (χ3v) is 7.81. The third-order valence-electron chi connectivity index (χ3n) is 7.81. The Balaban J connectivity index is 1.10. The highest BCUT2D eigenvalue weighted by molar-refractivity contribution is 5.82. The highest BCUT2D eigenvalue weighted by Crippen LogP contribution is 2.45. The molecule has 2 aliphatic heterocycles. The largest absolute Gasteiger partial charge is 0.448 e. The van der Waals surface area contributed by atoms with E-state index in [2.05, 4.69) is 71.7 Å². The van der Waals surface area contributed by atoms with E-state index in [-0.39, 0.29) is 24.1 Å². The summed E-state index contributed by atoms with van der Waals surface area (Å²) in [5, 5.41) is 0. The molecule has 2 bridgehead atoms. The number of hydrogen-bond donors (Lipinski definition) is 0. The van der Waals surface area contributed by atoms with Crippen molar-refractivity contribution in [1.82, 2.24) is 9.88 Å². The Morgan fingerprint density at radius 1 is 1.03 bits per heavy atom. The van der Waals surface area contributed by atoms with Gasteiger partial charge in [-0.15, -0.1) is 0 Å². The van der Waals surface area contributed by atoms with Gasteiger partial charge >= 0.3 is 6.09 Å². The first-order chi connectivity index (χ1) is 17.2. The summed E-state index contributed by atoms with van der Waals surface area (Å²) in [6.07, 6.45) is 4.86. The average Bonchev–Trinajstić information content (AvgIpc) is 3.50. The number of oxazole rings is 1. The zero-order valence-electron chi connectivity index (χ0n) is 19.6. The molecule has 1 saturated heterocycles. The van der Waals surface area contributed by atoms with Crippen molar-refractivity contribution in [2.24, 2.45) is 0 Å². The van der Waals surface area contributed by atoms with Crippen LogP contribution in [0, 0.1) is 6.92 Å². The molecule has 5 heteroatoms. The van der Waals surface area contributed by atoms with Crippen LogP contribution >= 0.6 is 0 Å². The van der Waals surface area contributed by atoms with Crippen LogP contribution in [0.25, 0.3) is 27.8 Å². The van der Waals surface area contributed by atoms with Gasteiger partial charge in [0.1, 0.15) is 12.1 Å². The first-order valence-electron chi connectivity index (χ1n) is 12.4. The molecule has 3 heterocycles. The molecule has 3 aromatic carbocycles. The van der Waals surface area contributed by atoms with Crippen LogP contribution in [0.2, 0.25) is 0 Å². The van der Waals surface area contributed by atoms with Gasteiger partial charge in [-0.05, 0) is 64.8 Å². The van der Waals surface area contributed by atoms with Gasteiger partial charge in [-0.2, -0.15) is 0 Å². The fraction of sp³-hybridized carbons (Fsp3) is 0.267. The molecule has 1 fully saturated rings. The summed E-state index contributed by atoms with van der Waals surface area (Å²) >= 11 is 0. The van der Waals surface area contributed by atoms with Crippen LogP contribution in [0.1, 0.15) is 47.8 Å². The first kappa shape index (κ1) is 20.5. The quantitative estimate of drug-likeness (QED) is 0.340. The number of rotatable bonds is 3. The minimum atomic E-state index is -0.197. The number of amides is 1. The van der Waals surface area contributed by atoms with E-state index in [9.17, 15) is 4.79 Å². The molecule has 1 aliphatic carbocycles. The van der Waals surface area contributed by atoms with Gasteiger partial charge in [0.15, 0.2) is 11.5 Å². The van der Waals surface area contributed by atoms with Crippen molar-refractivity contribution in [3.63, 3.8) is 0 Å². The summed E-state index contributed by atoms with van der Waals surface area (Å²) in [6.45, 7) is 2.23. The fourth-order valence-electron chi connectivity index (χ4n) is 6.24. The lowest BCUT2D eigenvalue weighted by molar-refractivity contribution is 0.0866. The number of hydrogen-bond acceptors (Lipinski definition) is 4. The van der Waals surface area contributed by atoms with Crippen molar-refractivity contribution in [2.75, 3.05) is 6.61 Å². The van der Waals surface area contributed by atoms with E-state index in [0.29, 0.717) is 12.5 Å². The highest BCUT2D eigenvalue weighted by Gasteiger charge is 2.41. The Kier molecular flexibility index (Phi) is 4.59. The number of carbonyl (C=O) groups is 1. The van der Waals surface area contributed by atoms with Crippen LogP contribution in [0.15, 0.2) is 77.2 Å². The van der Waals surface area contributed by atoms with E-state index < -0.39 is 0 Å². The molecule has 7 rings (SSSR count). The predicted molar refractivity (Wildman–Crippen MR) is 135 cm³/mol. The van der Waals surface area contributed by atoms with Crippen LogP contribution in [-0.4, -0.2) is 34.7 Å². The molecule has 0 N–H and O–H groups in total. The Morgan fingerprint density at radius 2 is 1.77 bits per heavy atom. The standard InChI is InChI=1S/C30H26N2O3/c1-18-31-28-16-19(10-13-29(28)35-18)20-14-21-11-12-22(15-20)32(21)30(33)34-17-27-25-8-4-2-6-23(25)24-7-3-5-9-26(24)27/h2-10,13-14,16,21-22,27H,11-12,15,17H2,1H3. The van der Waals surface area contributed by atoms with Crippen molar-refractivity contribution in [2.45, 2.75) is 44.2 Å². The summed E-state index contributed by atoms with van der Waals surface area (Å²) in [5.74, 6) is 0.758. The van der Waals surface area contributed by atoms with Gasteiger partial charge in [-0.25, -0.2) is 9.78 Å². The molecule has 1 amide bonds. The summed E-state index contributed by atoms with van der Waals surface area (Å²) < 4.78 is 11.6. The molecule has 4 aromatic rings. The summed E-state index contributed by atoms with van der Waals surface area (Å²) in [7, 11) is 0. The monoisotopic (exact) mass is 462 g/mol. The molecule has 1 aromatic heterocycles. The molecule has 3 aliphatic rings. The normalized spacial score (nSPS) is 20.6. The number of ether oxygens (including phenoxy) is 1. The maximum absolute atomic E-state index is 13.3. The predicted octanol–water partition coefficient (Wildman–Crippen LogP) is 6.71. The second-order valence-corrected chi connectivity index (χ2v) is 9.82. The number of benzene rings is 3. The first-order valence-corrected chi connectivity index (χ1v) is 12.4. The number of nitrogens with zero attached hydrogens (tertiary/aromatic N) is 2. The molecule has 0 spiro atoms. The van der Waals surface area contributed by atoms with Crippen molar-refractivity contribution in [3.8, 4) is 11.1 Å². The van der Waals surface area contributed by atoms with Crippen LogP contribution < -0.4 is 0 Å². The van der Waals surface area contributed by atoms with Crippen molar-refractivity contribution < 1.29 is 13.9 Å². The van der Waals surface area contributed by atoms with E-state index in [1.165, 1.54) is 27.8 Å². The van der Waals surface area contributed by atoms with Crippen LogP contribution in [-0.2, 0) is 4.74 Å². The van der Waals surface area contributed by atoms with E-state index in [0.717, 1.165) is 35.9 Å².